The van der Waals surface area contributed by atoms with Crippen molar-refractivity contribution in [3.05, 3.63) is 23.8 Å². The molecule has 1 saturated carbocycles. The third kappa shape index (κ3) is 2.42. The molecular formula is C16H26. The Kier molecular flexibility index (Phi) is 4.26. The average Bonchev–Trinajstić information content (AvgIpc) is 2.69. The van der Waals surface area contributed by atoms with E-state index in [0.29, 0.717) is 0 Å². The van der Waals surface area contributed by atoms with Gasteiger partial charge in [0, 0.05) is 0 Å². The molecule has 0 aromatic carbocycles. The molecule has 0 radical (unpaired) electrons. The molecule has 0 heteroatoms. The first-order valence-electron chi connectivity index (χ1n) is 7.23. The lowest BCUT2D eigenvalue weighted by Crippen LogP contribution is -2.08. The van der Waals surface area contributed by atoms with E-state index in [1.54, 1.807) is 5.57 Å². The van der Waals surface area contributed by atoms with Gasteiger partial charge in [-0.2, -0.15) is 0 Å². The summed E-state index contributed by atoms with van der Waals surface area (Å²) in [5.74, 6) is 2.78. The first-order chi connectivity index (χ1) is 7.86. The molecule has 16 heavy (non-hydrogen) atoms. The van der Waals surface area contributed by atoms with Crippen LogP contribution in [0.4, 0.5) is 0 Å². The molecule has 0 aliphatic heterocycles. The van der Waals surface area contributed by atoms with Crippen molar-refractivity contribution in [3.63, 3.8) is 0 Å². The molecule has 0 N–H and O–H groups in total. The fourth-order valence-corrected chi connectivity index (χ4v) is 3.66. The molecule has 0 aromatic rings. The average molecular weight is 218 g/mol. The zero-order valence-corrected chi connectivity index (χ0v) is 10.9. The lowest BCUT2D eigenvalue weighted by molar-refractivity contribution is 0.370. The van der Waals surface area contributed by atoms with Gasteiger partial charge < -0.3 is 0 Å². The molecular weight excluding hydrogens is 192 g/mol. The van der Waals surface area contributed by atoms with Gasteiger partial charge in [-0.15, -0.1) is 0 Å². The van der Waals surface area contributed by atoms with E-state index in [2.05, 4.69) is 32.1 Å². The summed E-state index contributed by atoms with van der Waals surface area (Å²) >= 11 is 0. The molecule has 3 atom stereocenters. The normalized spacial score (nSPS) is 40.1. The Hall–Kier alpha value is -0.520. The van der Waals surface area contributed by atoms with E-state index in [-0.39, 0.29) is 0 Å². The van der Waals surface area contributed by atoms with Crippen LogP contribution in [0.25, 0.3) is 0 Å². The predicted octanol–water partition coefficient (Wildman–Crippen LogP) is 5.12. The topological polar surface area (TPSA) is 0 Å². The van der Waals surface area contributed by atoms with E-state index in [9.17, 15) is 0 Å². The highest BCUT2D eigenvalue weighted by atomic mass is 14.4. The van der Waals surface area contributed by atoms with Crippen LogP contribution >= 0.6 is 0 Å². The van der Waals surface area contributed by atoms with Gasteiger partial charge in [-0.1, -0.05) is 50.5 Å². The minimum Gasteiger partial charge on any atom is -0.0845 e. The van der Waals surface area contributed by atoms with Gasteiger partial charge in [0.25, 0.3) is 0 Å². The molecule has 0 aromatic heterocycles. The summed E-state index contributed by atoms with van der Waals surface area (Å²) < 4.78 is 0. The highest BCUT2D eigenvalue weighted by molar-refractivity contribution is 5.23. The Balaban J connectivity index is 2.20. The van der Waals surface area contributed by atoms with Crippen LogP contribution in [0.5, 0.6) is 0 Å². The smallest absolute Gasteiger partial charge is 0.0169 e. The zero-order valence-electron chi connectivity index (χ0n) is 10.9. The number of hydrogen-bond donors (Lipinski definition) is 0. The lowest BCUT2D eigenvalue weighted by Gasteiger charge is -2.19. The Morgan fingerprint density at radius 1 is 1.19 bits per heavy atom. The second kappa shape index (κ2) is 5.70. The van der Waals surface area contributed by atoms with Crippen molar-refractivity contribution in [2.24, 2.45) is 17.8 Å². The van der Waals surface area contributed by atoms with Crippen LogP contribution in [0.1, 0.15) is 58.8 Å². The number of allylic oxidation sites excluding steroid dienone is 4. The molecule has 0 heterocycles. The maximum Gasteiger partial charge on any atom is -0.0169 e. The molecule has 3 unspecified atom stereocenters. The van der Waals surface area contributed by atoms with Crippen LogP contribution in [-0.2, 0) is 0 Å². The zero-order chi connectivity index (χ0) is 11.4. The van der Waals surface area contributed by atoms with E-state index in [1.165, 1.54) is 44.9 Å². The first kappa shape index (κ1) is 12.0. The maximum absolute atomic E-state index is 2.46. The second-order valence-corrected chi connectivity index (χ2v) is 5.49. The summed E-state index contributed by atoms with van der Waals surface area (Å²) in [7, 11) is 0. The quantitative estimate of drug-likeness (QED) is 0.604. The van der Waals surface area contributed by atoms with Gasteiger partial charge >= 0.3 is 0 Å². The second-order valence-electron chi connectivity index (χ2n) is 5.49. The molecule has 2 aliphatic carbocycles. The van der Waals surface area contributed by atoms with Crippen LogP contribution in [-0.4, -0.2) is 0 Å². The number of hydrogen-bond acceptors (Lipinski definition) is 0. The van der Waals surface area contributed by atoms with Crippen LogP contribution in [0.15, 0.2) is 23.8 Å². The SMILES string of the molecule is CCC1CC(CC)C2CCCC/C=C\C=C\12. The van der Waals surface area contributed by atoms with Gasteiger partial charge in [0.15, 0.2) is 0 Å². The monoisotopic (exact) mass is 218 g/mol. The number of fused-ring (bicyclic) bond motifs is 1. The highest BCUT2D eigenvalue weighted by Gasteiger charge is 2.35. The summed E-state index contributed by atoms with van der Waals surface area (Å²) in [4.78, 5) is 0. The third-order valence-corrected chi connectivity index (χ3v) is 4.63. The van der Waals surface area contributed by atoms with Crippen molar-refractivity contribution >= 4 is 0 Å². The Bertz CT molecular complexity index is 272. The molecule has 2 rings (SSSR count). The largest absolute Gasteiger partial charge is 0.0845 e. The van der Waals surface area contributed by atoms with Crippen LogP contribution < -0.4 is 0 Å². The summed E-state index contributed by atoms with van der Waals surface area (Å²) in [5, 5.41) is 0. The molecule has 90 valence electrons. The summed E-state index contributed by atoms with van der Waals surface area (Å²) in [6.07, 6.45) is 16.9. The molecule has 0 spiro atoms. The Morgan fingerprint density at radius 2 is 2.06 bits per heavy atom. The maximum atomic E-state index is 2.46. The van der Waals surface area contributed by atoms with E-state index in [0.717, 1.165) is 17.8 Å². The van der Waals surface area contributed by atoms with E-state index in [1.807, 2.05) is 0 Å². The Labute approximate surface area is 101 Å². The molecule has 0 amide bonds. The fourth-order valence-electron chi connectivity index (χ4n) is 3.66. The van der Waals surface area contributed by atoms with E-state index in [4.69, 9.17) is 0 Å². The summed E-state index contributed by atoms with van der Waals surface area (Å²) in [5.41, 5.74) is 1.78. The van der Waals surface area contributed by atoms with Gasteiger partial charge in [-0.25, -0.2) is 0 Å². The third-order valence-electron chi connectivity index (χ3n) is 4.63. The van der Waals surface area contributed by atoms with Crippen molar-refractivity contribution in [3.8, 4) is 0 Å². The van der Waals surface area contributed by atoms with Crippen molar-refractivity contribution < 1.29 is 0 Å². The van der Waals surface area contributed by atoms with Crippen molar-refractivity contribution in [1.82, 2.24) is 0 Å². The fraction of sp³-hybridized carbons (Fsp3) is 0.750. The molecule has 0 saturated heterocycles. The minimum absolute atomic E-state index is 0.887. The highest BCUT2D eigenvalue weighted by Crippen LogP contribution is 2.46. The lowest BCUT2D eigenvalue weighted by atomic mass is 9.86. The number of rotatable bonds is 2. The molecule has 0 bridgehead atoms. The first-order valence-corrected chi connectivity index (χ1v) is 7.23. The van der Waals surface area contributed by atoms with E-state index < -0.39 is 0 Å². The van der Waals surface area contributed by atoms with Gasteiger partial charge in [0.1, 0.15) is 0 Å². The van der Waals surface area contributed by atoms with Gasteiger partial charge in [-0.3, -0.25) is 0 Å². The van der Waals surface area contributed by atoms with Crippen molar-refractivity contribution in [2.75, 3.05) is 0 Å². The Morgan fingerprint density at radius 3 is 2.81 bits per heavy atom. The standard InChI is InChI=1S/C16H26/c1-3-13-12-14(4-2)16-11-9-7-5-6-8-10-15(13)16/h6,8,10,13-14,16H,3-5,7,9,11-12H2,1-2H3/b8-6-,15-10-. The summed E-state index contributed by atoms with van der Waals surface area (Å²) in [6, 6.07) is 0. The predicted molar refractivity (Wildman–Crippen MR) is 71.4 cm³/mol. The summed E-state index contributed by atoms with van der Waals surface area (Å²) in [6.45, 7) is 4.74. The van der Waals surface area contributed by atoms with Crippen LogP contribution in [0, 0.1) is 17.8 Å². The van der Waals surface area contributed by atoms with Crippen molar-refractivity contribution in [2.45, 2.75) is 58.8 Å². The minimum atomic E-state index is 0.887. The van der Waals surface area contributed by atoms with Crippen molar-refractivity contribution in [1.29, 1.82) is 0 Å². The van der Waals surface area contributed by atoms with Gasteiger partial charge in [0.2, 0.25) is 0 Å². The van der Waals surface area contributed by atoms with E-state index >= 15 is 0 Å². The molecule has 1 fully saturated rings. The molecule has 2 aliphatic rings. The van der Waals surface area contributed by atoms with Crippen LogP contribution in [0.2, 0.25) is 0 Å². The van der Waals surface area contributed by atoms with Gasteiger partial charge in [0.05, 0.1) is 0 Å². The van der Waals surface area contributed by atoms with Crippen LogP contribution in [0.3, 0.4) is 0 Å². The molecule has 0 nitrogen and oxygen atoms in total. The van der Waals surface area contributed by atoms with Gasteiger partial charge in [-0.05, 0) is 49.9 Å².